The molecule has 0 saturated carbocycles. The molecule has 32 heavy (non-hydrogen) atoms. The lowest BCUT2D eigenvalue weighted by atomic mass is 10.2. The molecule has 0 aliphatic heterocycles. The standard InChI is InChI=1S/C24H18N4O3S/c1-14-25-18-7-4-3-6-17(18)23(30)28(14)16-12-10-15(11-13-16)22(29)27-24-26-21-19(31-2)8-5-9-20(21)32-24/h3-13H,1-2H3,(H,26,27,29). The fourth-order valence-electron chi connectivity index (χ4n) is 3.62. The fraction of sp³-hybridized carbons (Fsp3) is 0.0833. The summed E-state index contributed by atoms with van der Waals surface area (Å²) in [5, 5.41) is 3.87. The highest BCUT2D eigenvalue weighted by Crippen LogP contribution is 2.32. The Kier molecular flexibility index (Phi) is 4.91. The highest BCUT2D eigenvalue weighted by molar-refractivity contribution is 7.22. The molecular formula is C24H18N4O3S. The number of fused-ring (bicyclic) bond motifs is 2. The zero-order chi connectivity index (χ0) is 22.2. The topological polar surface area (TPSA) is 86.1 Å². The first-order valence-corrected chi connectivity index (χ1v) is 10.7. The van der Waals surface area contributed by atoms with Crippen LogP contribution >= 0.6 is 11.3 Å². The molecule has 0 spiro atoms. The van der Waals surface area contributed by atoms with E-state index in [-0.39, 0.29) is 11.5 Å². The molecule has 5 aromatic rings. The van der Waals surface area contributed by atoms with Crippen molar-refractivity contribution in [2.75, 3.05) is 12.4 Å². The van der Waals surface area contributed by atoms with Gasteiger partial charge in [0.05, 0.1) is 28.4 Å². The van der Waals surface area contributed by atoms with Crippen molar-refractivity contribution < 1.29 is 9.53 Å². The molecule has 1 N–H and O–H groups in total. The third kappa shape index (κ3) is 3.40. The molecule has 8 heteroatoms. The number of methoxy groups -OCH3 is 1. The minimum atomic E-state index is -0.282. The van der Waals surface area contributed by atoms with E-state index in [1.54, 1.807) is 48.9 Å². The smallest absolute Gasteiger partial charge is 0.265 e. The Morgan fingerprint density at radius 1 is 1.00 bits per heavy atom. The predicted octanol–water partition coefficient (Wildman–Crippen LogP) is 4.56. The number of carbonyl (C=O) groups excluding carboxylic acids is 1. The van der Waals surface area contributed by atoms with Crippen LogP contribution in [0.1, 0.15) is 16.2 Å². The summed E-state index contributed by atoms with van der Waals surface area (Å²) in [4.78, 5) is 34.7. The quantitative estimate of drug-likeness (QED) is 0.441. The van der Waals surface area contributed by atoms with Crippen molar-refractivity contribution in [1.29, 1.82) is 0 Å². The van der Waals surface area contributed by atoms with Crippen LogP contribution in [-0.4, -0.2) is 27.6 Å². The second-order valence-electron chi connectivity index (χ2n) is 7.14. The van der Waals surface area contributed by atoms with Crippen molar-refractivity contribution in [3.8, 4) is 11.4 Å². The maximum Gasteiger partial charge on any atom is 0.265 e. The second-order valence-corrected chi connectivity index (χ2v) is 8.17. The van der Waals surface area contributed by atoms with Crippen LogP contribution in [0.2, 0.25) is 0 Å². The number of carbonyl (C=O) groups is 1. The molecule has 0 aliphatic rings. The first-order chi connectivity index (χ1) is 15.5. The van der Waals surface area contributed by atoms with Gasteiger partial charge in [-0.05, 0) is 55.5 Å². The Morgan fingerprint density at radius 2 is 1.78 bits per heavy atom. The van der Waals surface area contributed by atoms with Crippen LogP contribution in [0, 0.1) is 6.92 Å². The highest BCUT2D eigenvalue weighted by atomic mass is 32.1. The molecule has 158 valence electrons. The molecule has 0 radical (unpaired) electrons. The molecule has 0 saturated heterocycles. The van der Waals surface area contributed by atoms with E-state index in [0.717, 1.165) is 4.70 Å². The van der Waals surface area contributed by atoms with Crippen LogP contribution in [-0.2, 0) is 0 Å². The number of aryl methyl sites for hydroxylation is 1. The van der Waals surface area contributed by atoms with E-state index in [1.807, 2.05) is 36.4 Å². The van der Waals surface area contributed by atoms with Crippen molar-refractivity contribution in [2.24, 2.45) is 0 Å². The molecule has 2 heterocycles. The van der Waals surface area contributed by atoms with Crippen LogP contribution in [0.4, 0.5) is 5.13 Å². The maximum atomic E-state index is 13.0. The van der Waals surface area contributed by atoms with Gasteiger partial charge in [-0.3, -0.25) is 19.5 Å². The Morgan fingerprint density at radius 3 is 2.56 bits per heavy atom. The van der Waals surface area contributed by atoms with Crippen molar-refractivity contribution in [2.45, 2.75) is 6.92 Å². The first-order valence-electron chi connectivity index (χ1n) is 9.89. The number of anilines is 1. The zero-order valence-corrected chi connectivity index (χ0v) is 18.1. The average Bonchev–Trinajstić information content (AvgIpc) is 3.22. The number of thiazole rings is 1. The number of para-hydroxylation sites is 2. The van der Waals surface area contributed by atoms with E-state index in [1.165, 1.54) is 11.3 Å². The lowest BCUT2D eigenvalue weighted by Crippen LogP contribution is -2.22. The van der Waals surface area contributed by atoms with Crippen molar-refractivity contribution >= 4 is 43.5 Å². The van der Waals surface area contributed by atoms with E-state index in [2.05, 4.69) is 15.3 Å². The molecule has 5 rings (SSSR count). The van der Waals surface area contributed by atoms with E-state index >= 15 is 0 Å². The number of ether oxygens (including phenoxy) is 1. The Labute approximate surface area is 186 Å². The van der Waals surface area contributed by atoms with E-state index in [0.29, 0.717) is 44.4 Å². The van der Waals surface area contributed by atoms with Crippen LogP contribution in [0.15, 0.2) is 71.5 Å². The number of hydrogen-bond donors (Lipinski definition) is 1. The lowest BCUT2D eigenvalue weighted by Gasteiger charge is -2.11. The number of nitrogens with zero attached hydrogens (tertiary/aromatic N) is 3. The van der Waals surface area contributed by atoms with Gasteiger partial charge in [0.15, 0.2) is 5.13 Å². The van der Waals surface area contributed by atoms with Gasteiger partial charge in [0.2, 0.25) is 0 Å². The predicted molar refractivity (Wildman–Crippen MR) is 126 cm³/mol. The number of rotatable bonds is 4. The molecule has 2 aromatic heterocycles. The average molecular weight is 443 g/mol. The van der Waals surface area contributed by atoms with Crippen LogP contribution in [0.5, 0.6) is 5.75 Å². The number of benzene rings is 3. The molecule has 1 amide bonds. The Balaban J connectivity index is 1.43. The summed E-state index contributed by atoms with van der Waals surface area (Å²) in [6.07, 6.45) is 0. The van der Waals surface area contributed by atoms with Gasteiger partial charge in [0.25, 0.3) is 11.5 Å². The normalized spacial score (nSPS) is 11.1. The van der Waals surface area contributed by atoms with Gasteiger partial charge in [-0.25, -0.2) is 9.97 Å². The molecular weight excluding hydrogens is 424 g/mol. The summed E-state index contributed by atoms with van der Waals surface area (Å²) in [5.74, 6) is 0.956. The second kappa shape index (κ2) is 7.90. The van der Waals surface area contributed by atoms with Crippen molar-refractivity contribution in [1.82, 2.24) is 14.5 Å². The summed E-state index contributed by atoms with van der Waals surface area (Å²) in [7, 11) is 1.59. The third-order valence-electron chi connectivity index (χ3n) is 5.15. The maximum absolute atomic E-state index is 13.0. The van der Waals surface area contributed by atoms with Crippen LogP contribution in [0.25, 0.3) is 26.8 Å². The minimum Gasteiger partial charge on any atom is -0.494 e. The number of hydrogen-bond acceptors (Lipinski definition) is 6. The molecule has 7 nitrogen and oxygen atoms in total. The third-order valence-corrected chi connectivity index (χ3v) is 6.09. The summed E-state index contributed by atoms with van der Waals surface area (Å²) in [6, 6.07) is 19.7. The van der Waals surface area contributed by atoms with Crippen molar-refractivity contribution in [3.63, 3.8) is 0 Å². The summed E-state index contributed by atoms with van der Waals surface area (Å²) >= 11 is 1.38. The van der Waals surface area contributed by atoms with Gasteiger partial charge in [-0.1, -0.05) is 29.5 Å². The van der Waals surface area contributed by atoms with E-state index < -0.39 is 0 Å². The summed E-state index contributed by atoms with van der Waals surface area (Å²) in [6.45, 7) is 1.79. The molecule has 0 aliphatic carbocycles. The van der Waals surface area contributed by atoms with Crippen LogP contribution in [0.3, 0.4) is 0 Å². The Hall–Kier alpha value is -4.04. The summed E-state index contributed by atoms with van der Waals surface area (Å²) < 4.78 is 7.80. The molecule has 0 bridgehead atoms. The Bertz CT molecular complexity index is 1540. The lowest BCUT2D eigenvalue weighted by molar-refractivity contribution is 0.102. The first kappa shape index (κ1) is 19.9. The minimum absolute atomic E-state index is 0.145. The van der Waals surface area contributed by atoms with Gasteiger partial charge in [-0.15, -0.1) is 0 Å². The van der Waals surface area contributed by atoms with Crippen LogP contribution < -0.4 is 15.6 Å². The van der Waals surface area contributed by atoms with E-state index in [4.69, 9.17) is 4.74 Å². The largest absolute Gasteiger partial charge is 0.494 e. The molecule has 0 atom stereocenters. The van der Waals surface area contributed by atoms with Gasteiger partial charge < -0.3 is 4.74 Å². The number of nitrogens with one attached hydrogen (secondary N) is 1. The zero-order valence-electron chi connectivity index (χ0n) is 17.3. The van der Waals surface area contributed by atoms with Gasteiger partial charge >= 0.3 is 0 Å². The highest BCUT2D eigenvalue weighted by Gasteiger charge is 2.14. The molecule has 0 unspecified atom stereocenters. The van der Waals surface area contributed by atoms with Gasteiger partial charge in [0.1, 0.15) is 17.1 Å². The number of aromatic nitrogens is 3. The molecule has 0 fully saturated rings. The monoisotopic (exact) mass is 442 g/mol. The summed E-state index contributed by atoms with van der Waals surface area (Å²) in [5.41, 5.74) is 2.33. The van der Waals surface area contributed by atoms with E-state index in [9.17, 15) is 9.59 Å². The SMILES string of the molecule is COc1cccc2sc(NC(=O)c3ccc(-n4c(C)nc5ccccc5c4=O)cc3)nc12. The van der Waals surface area contributed by atoms with Crippen molar-refractivity contribution in [3.05, 3.63) is 88.5 Å². The molecule has 3 aromatic carbocycles. The van der Waals surface area contributed by atoms with Gasteiger partial charge in [0, 0.05) is 5.56 Å². The fourth-order valence-corrected chi connectivity index (χ4v) is 4.50. The number of amides is 1. The van der Waals surface area contributed by atoms with Gasteiger partial charge in [-0.2, -0.15) is 0 Å².